The summed E-state index contributed by atoms with van der Waals surface area (Å²) in [5, 5.41) is 3.01. The minimum absolute atomic E-state index is 0.0125. The lowest BCUT2D eigenvalue weighted by atomic mass is 10.2. The van der Waals surface area contributed by atoms with E-state index >= 15 is 0 Å². The molecule has 0 aromatic heterocycles. The second-order valence-corrected chi connectivity index (χ2v) is 5.82. The van der Waals surface area contributed by atoms with Gasteiger partial charge in [0.05, 0.1) is 0 Å². The van der Waals surface area contributed by atoms with Gasteiger partial charge in [-0.3, -0.25) is 9.59 Å². The maximum Gasteiger partial charge on any atom is 0.406 e. The zero-order valence-electron chi connectivity index (χ0n) is 12.2. The average molecular weight is 349 g/mol. The first-order valence-electron chi connectivity index (χ1n) is 7.16. The van der Waals surface area contributed by atoms with Crippen LogP contribution in [0.2, 0.25) is 5.02 Å². The summed E-state index contributed by atoms with van der Waals surface area (Å²) in [6.45, 7) is -1.25. The predicted octanol–water partition coefficient (Wildman–Crippen LogP) is 3.01. The van der Waals surface area contributed by atoms with E-state index in [-0.39, 0.29) is 19.0 Å². The van der Waals surface area contributed by atoms with Gasteiger partial charge in [-0.1, -0.05) is 11.6 Å². The highest BCUT2D eigenvalue weighted by Crippen LogP contribution is 2.30. The Bertz CT molecular complexity index is 571. The molecule has 1 aliphatic carbocycles. The molecule has 126 valence electrons. The van der Waals surface area contributed by atoms with Gasteiger partial charge in [-0.2, -0.15) is 13.2 Å². The van der Waals surface area contributed by atoms with Crippen LogP contribution >= 0.6 is 11.6 Å². The Hall–Kier alpha value is -1.76. The molecule has 0 aliphatic heterocycles. The van der Waals surface area contributed by atoms with Crippen LogP contribution in [0.25, 0.3) is 0 Å². The lowest BCUT2D eigenvalue weighted by molar-refractivity contribution is -0.162. The molecule has 1 aromatic rings. The van der Waals surface area contributed by atoms with Crippen LogP contribution in [0, 0.1) is 0 Å². The SMILES string of the molecule is O=C(NCCC(=O)N(CC(F)(F)F)C1CC1)c1ccc(Cl)cc1. The van der Waals surface area contributed by atoms with E-state index in [4.69, 9.17) is 11.6 Å². The molecule has 1 saturated carbocycles. The molecular formula is C15H16ClF3N2O2. The number of amides is 2. The average Bonchev–Trinajstić information content (AvgIpc) is 3.28. The van der Waals surface area contributed by atoms with Crippen LogP contribution in [0.1, 0.15) is 29.6 Å². The molecule has 23 heavy (non-hydrogen) atoms. The maximum atomic E-state index is 12.5. The number of halogens is 4. The Morgan fingerprint density at radius 1 is 1.22 bits per heavy atom. The Kier molecular flexibility index (Phi) is 5.51. The molecule has 4 nitrogen and oxygen atoms in total. The molecule has 1 aromatic carbocycles. The van der Waals surface area contributed by atoms with E-state index in [9.17, 15) is 22.8 Å². The highest BCUT2D eigenvalue weighted by Gasteiger charge is 2.40. The first kappa shape index (κ1) is 17.6. The van der Waals surface area contributed by atoms with Crippen molar-refractivity contribution in [3.63, 3.8) is 0 Å². The summed E-state index contributed by atoms with van der Waals surface area (Å²) in [6, 6.07) is 5.84. The molecule has 1 aliphatic rings. The van der Waals surface area contributed by atoms with E-state index in [1.165, 1.54) is 12.1 Å². The topological polar surface area (TPSA) is 49.4 Å². The monoisotopic (exact) mass is 348 g/mol. The Morgan fingerprint density at radius 3 is 2.35 bits per heavy atom. The summed E-state index contributed by atoms with van der Waals surface area (Å²) >= 11 is 5.71. The fourth-order valence-electron chi connectivity index (χ4n) is 2.13. The zero-order valence-corrected chi connectivity index (χ0v) is 13.0. The molecule has 0 heterocycles. The Morgan fingerprint density at radius 2 is 1.83 bits per heavy atom. The van der Waals surface area contributed by atoms with Gasteiger partial charge in [-0.05, 0) is 37.1 Å². The lowest BCUT2D eigenvalue weighted by Crippen LogP contribution is -2.41. The molecular weight excluding hydrogens is 333 g/mol. The number of alkyl halides is 3. The molecule has 1 fully saturated rings. The van der Waals surface area contributed by atoms with Crippen LogP contribution in [0.5, 0.6) is 0 Å². The highest BCUT2D eigenvalue weighted by molar-refractivity contribution is 6.30. The summed E-state index contributed by atoms with van der Waals surface area (Å²) in [6.07, 6.45) is -3.38. The van der Waals surface area contributed by atoms with Crippen molar-refractivity contribution in [2.75, 3.05) is 13.1 Å². The number of hydrogen-bond donors (Lipinski definition) is 1. The number of carbonyl (C=O) groups is 2. The van der Waals surface area contributed by atoms with E-state index in [0.29, 0.717) is 23.4 Å². The van der Waals surface area contributed by atoms with Gasteiger partial charge in [-0.25, -0.2) is 0 Å². The molecule has 8 heteroatoms. The van der Waals surface area contributed by atoms with Crippen molar-refractivity contribution in [2.45, 2.75) is 31.5 Å². The summed E-state index contributed by atoms with van der Waals surface area (Å²) in [7, 11) is 0. The third-order valence-corrected chi connectivity index (χ3v) is 3.64. The number of nitrogens with zero attached hydrogens (tertiary/aromatic N) is 1. The minimum atomic E-state index is -4.41. The van der Waals surface area contributed by atoms with Gasteiger partial charge in [0, 0.05) is 29.6 Å². The maximum absolute atomic E-state index is 12.5. The number of hydrogen-bond acceptors (Lipinski definition) is 2. The fraction of sp³-hybridized carbons (Fsp3) is 0.467. The largest absolute Gasteiger partial charge is 0.406 e. The Balaban J connectivity index is 1.81. The van der Waals surface area contributed by atoms with Crippen LogP contribution in [0.15, 0.2) is 24.3 Å². The van der Waals surface area contributed by atoms with E-state index < -0.39 is 24.5 Å². The number of benzene rings is 1. The molecule has 0 spiro atoms. The summed E-state index contributed by atoms with van der Waals surface area (Å²) < 4.78 is 37.5. The van der Waals surface area contributed by atoms with Crippen molar-refractivity contribution >= 4 is 23.4 Å². The number of carbonyl (C=O) groups excluding carboxylic acids is 2. The highest BCUT2D eigenvalue weighted by atomic mass is 35.5. The Labute approximate surface area is 136 Å². The number of nitrogens with one attached hydrogen (secondary N) is 1. The molecule has 1 N–H and O–H groups in total. The van der Waals surface area contributed by atoms with Crippen LogP contribution in [-0.2, 0) is 4.79 Å². The van der Waals surface area contributed by atoms with Crippen LogP contribution in [0.3, 0.4) is 0 Å². The van der Waals surface area contributed by atoms with Crippen molar-refractivity contribution in [3.8, 4) is 0 Å². The van der Waals surface area contributed by atoms with Crippen molar-refractivity contribution in [1.82, 2.24) is 10.2 Å². The van der Waals surface area contributed by atoms with Crippen molar-refractivity contribution in [3.05, 3.63) is 34.9 Å². The van der Waals surface area contributed by atoms with E-state index in [1.807, 2.05) is 0 Å². The molecule has 0 unspecified atom stereocenters. The normalized spacial score (nSPS) is 14.4. The predicted molar refractivity (Wildman–Crippen MR) is 79.2 cm³/mol. The van der Waals surface area contributed by atoms with Crippen molar-refractivity contribution in [2.24, 2.45) is 0 Å². The van der Waals surface area contributed by atoms with Crippen molar-refractivity contribution < 1.29 is 22.8 Å². The number of rotatable bonds is 6. The molecule has 2 rings (SSSR count). The van der Waals surface area contributed by atoms with Gasteiger partial charge in [0.15, 0.2) is 0 Å². The van der Waals surface area contributed by atoms with E-state index in [2.05, 4.69) is 5.32 Å². The standard InChI is InChI=1S/C15H16ClF3N2O2/c16-11-3-1-10(2-4-11)14(23)20-8-7-13(22)21(12-5-6-12)9-15(17,18)19/h1-4,12H,5-9H2,(H,20,23). The van der Waals surface area contributed by atoms with Crippen molar-refractivity contribution in [1.29, 1.82) is 0 Å². The van der Waals surface area contributed by atoms with Gasteiger partial charge < -0.3 is 10.2 Å². The third kappa shape index (κ3) is 5.74. The molecule has 0 saturated heterocycles. The van der Waals surface area contributed by atoms with Crippen LogP contribution in [0.4, 0.5) is 13.2 Å². The van der Waals surface area contributed by atoms with Gasteiger partial charge >= 0.3 is 6.18 Å². The van der Waals surface area contributed by atoms with E-state index in [0.717, 1.165) is 4.90 Å². The van der Waals surface area contributed by atoms with Gasteiger partial charge in [0.2, 0.25) is 5.91 Å². The molecule has 2 amide bonds. The van der Waals surface area contributed by atoms with Crippen LogP contribution < -0.4 is 5.32 Å². The molecule has 0 radical (unpaired) electrons. The second-order valence-electron chi connectivity index (χ2n) is 5.38. The smallest absolute Gasteiger partial charge is 0.352 e. The second kappa shape index (κ2) is 7.21. The van der Waals surface area contributed by atoms with Gasteiger partial charge in [0.1, 0.15) is 6.54 Å². The first-order chi connectivity index (χ1) is 10.8. The van der Waals surface area contributed by atoms with Gasteiger partial charge in [-0.15, -0.1) is 0 Å². The summed E-state index contributed by atoms with van der Waals surface area (Å²) in [5.41, 5.74) is 0.371. The summed E-state index contributed by atoms with van der Waals surface area (Å²) in [4.78, 5) is 24.6. The quantitative estimate of drug-likeness (QED) is 0.859. The third-order valence-electron chi connectivity index (χ3n) is 3.39. The molecule has 0 bridgehead atoms. The summed E-state index contributed by atoms with van der Waals surface area (Å²) in [5.74, 6) is -0.996. The van der Waals surface area contributed by atoms with E-state index in [1.54, 1.807) is 12.1 Å². The minimum Gasteiger partial charge on any atom is -0.352 e. The lowest BCUT2D eigenvalue weighted by Gasteiger charge is -2.23. The molecule has 0 atom stereocenters. The van der Waals surface area contributed by atoms with Gasteiger partial charge in [0.25, 0.3) is 5.91 Å². The zero-order chi connectivity index (χ0) is 17.0. The fourth-order valence-corrected chi connectivity index (χ4v) is 2.26. The van der Waals surface area contributed by atoms with Crippen LogP contribution in [-0.4, -0.2) is 42.0 Å². The first-order valence-corrected chi connectivity index (χ1v) is 7.54.